The van der Waals surface area contributed by atoms with E-state index >= 15 is 0 Å². The van der Waals surface area contributed by atoms with Crippen molar-refractivity contribution in [1.29, 1.82) is 0 Å². The molecular formula is C23H32O3. The smallest absolute Gasteiger partial charge is 0.305 e. The van der Waals surface area contributed by atoms with E-state index in [-0.39, 0.29) is 11.4 Å². The van der Waals surface area contributed by atoms with Gasteiger partial charge in [-0.1, -0.05) is 32.4 Å². The number of allylic oxidation sites excluding steroid dienone is 4. The molecule has 0 bridgehead atoms. The first-order chi connectivity index (χ1) is 12.4. The van der Waals surface area contributed by atoms with Crippen LogP contribution in [-0.4, -0.2) is 18.4 Å². The number of ether oxygens (including phenoxy) is 1. The number of ketones is 1. The zero-order valence-corrected chi connectivity index (χ0v) is 16.3. The lowest BCUT2D eigenvalue weighted by molar-refractivity contribution is -0.137. The van der Waals surface area contributed by atoms with Crippen LogP contribution < -0.4 is 0 Å². The van der Waals surface area contributed by atoms with Crippen molar-refractivity contribution in [2.75, 3.05) is 6.61 Å². The van der Waals surface area contributed by atoms with Crippen LogP contribution in [0.5, 0.6) is 0 Å². The molecule has 3 fully saturated rings. The second kappa shape index (κ2) is 6.65. The minimum Gasteiger partial charge on any atom is -0.466 e. The van der Waals surface area contributed by atoms with Gasteiger partial charge in [0.2, 0.25) is 0 Å². The Kier molecular flexibility index (Phi) is 4.61. The molecule has 5 aliphatic rings. The van der Waals surface area contributed by atoms with Gasteiger partial charge in [0.1, 0.15) is 0 Å². The Morgan fingerprint density at radius 1 is 1.00 bits per heavy atom. The van der Waals surface area contributed by atoms with Gasteiger partial charge in [-0.15, -0.1) is 0 Å². The number of carbonyl (C=O) groups is 2. The normalized spacial score (nSPS) is 43.5. The SMILES string of the molecule is CC12CCCC1C1C=CC3=CC(=O)CCC3(C)C1CC2.O=C1CCCO1. The van der Waals surface area contributed by atoms with Crippen molar-refractivity contribution >= 4 is 11.8 Å². The quantitative estimate of drug-likeness (QED) is 0.573. The van der Waals surface area contributed by atoms with Crippen LogP contribution >= 0.6 is 0 Å². The summed E-state index contributed by atoms with van der Waals surface area (Å²) < 4.78 is 4.51. The van der Waals surface area contributed by atoms with Gasteiger partial charge in [-0.3, -0.25) is 9.59 Å². The first kappa shape index (κ1) is 18.0. The Hall–Kier alpha value is -1.38. The number of cyclic esters (lactones) is 1. The van der Waals surface area contributed by atoms with Gasteiger partial charge >= 0.3 is 5.97 Å². The first-order valence-corrected chi connectivity index (χ1v) is 10.5. The average molecular weight is 357 g/mol. The van der Waals surface area contributed by atoms with Crippen LogP contribution in [0, 0.1) is 28.6 Å². The Balaban J connectivity index is 0.000000240. The molecule has 1 saturated heterocycles. The van der Waals surface area contributed by atoms with Gasteiger partial charge in [-0.2, -0.15) is 0 Å². The molecule has 1 heterocycles. The Morgan fingerprint density at radius 3 is 2.54 bits per heavy atom. The van der Waals surface area contributed by atoms with Gasteiger partial charge in [0.15, 0.2) is 5.78 Å². The van der Waals surface area contributed by atoms with E-state index < -0.39 is 0 Å². The topological polar surface area (TPSA) is 43.4 Å². The van der Waals surface area contributed by atoms with Gasteiger partial charge < -0.3 is 4.74 Å². The van der Waals surface area contributed by atoms with Crippen LogP contribution in [0.2, 0.25) is 0 Å². The van der Waals surface area contributed by atoms with Crippen molar-refractivity contribution < 1.29 is 14.3 Å². The highest BCUT2D eigenvalue weighted by Crippen LogP contribution is 2.63. The molecule has 3 nitrogen and oxygen atoms in total. The summed E-state index contributed by atoms with van der Waals surface area (Å²) in [5.41, 5.74) is 2.21. The monoisotopic (exact) mass is 356 g/mol. The molecule has 3 heteroatoms. The predicted octanol–water partition coefficient (Wildman–Crippen LogP) is 5.01. The van der Waals surface area contributed by atoms with Crippen LogP contribution in [-0.2, 0) is 14.3 Å². The fourth-order valence-electron chi connectivity index (χ4n) is 6.46. The molecule has 0 radical (unpaired) electrons. The standard InChI is InChI=1S/C19H26O.C4H6O2/c1-18-9-3-4-16(18)15-6-5-13-12-14(20)7-11-19(13,2)17(15)8-10-18;5-4-2-1-3-6-4/h5-6,12,15-17H,3-4,7-11H2,1-2H3;1-3H2. The molecular weight excluding hydrogens is 324 g/mol. The number of rotatable bonds is 0. The van der Waals surface area contributed by atoms with Crippen LogP contribution in [0.4, 0.5) is 0 Å². The molecule has 142 valence electrons. The molecule has 5 unspecified atom stereocenters. The van der Waals surface area contributed by atoms with Crippen molar-refractivity contribution in [2.24, 2.45) is 28.6 Å². The average Bonchev–Trinajstić information content (AvgIpc) is 3.24. The molecule has 1 aliphatic heterocycles. The van der Waals surface area contributed by atoms with Crippen LogP contribution in [0.15, 0.2) is 23.8 Å². The molecule has 0 N–H and O–H groups in total. The Labute approximate surface area is 157 Å². The lowest BCUT2D eigenvalue weighted by Gasteiger charge is -2.55. The summed E-state index contributed by atoms with van der Waals surface area (Å²) in [5.74, 6) is 2.74. The zero-order chi connectivity index (χ0) is 18.4. The highest BCUT2D eigenvalue weighted by molar-refractivity contribution is 5.92. The van der Waals surface area contributed by atoms with Gasteiger partial charge in [0, 0.05) is 12.8 Å². The third kappa shape index (κ3) is 2.97. The summed E-state index contributed by atoms with van der Waals surface area (Å²) in [6, 6.07) is 0. The highest BCUT2D eigenvalue weighted by atomic mass is 16.5. The van der Waals surface area contributed by atoms with E-state index in [1.165, 1.54) is 37.7 Å². The zero-order valence-electron chi connectivity index (χ0n) is 16.3. The number of esters is 1. The maximum atomic E-state index is 11.7. The van der Waals surface area contributed by atoms with Crippen LogP contribution in [0.3, 0.4) is 0 Å². The van der Waals surface area contributed by atoms with Crippen molar-refractivity contribution in [1.82, 2.24) is 0 Å². The third-order valence-electron chi connectivity index (χ3n) is 8.09. The van der Waals surface area contributed by atoms with Crippen molar-refractivity contribution in [3.05, 3.63) is 23.8 Å². The van der Waals surface area contributed by atoms with E-state index in [4.69, 9.17) is 0 Å². The summed E-state index contributed by atoms with van der Waals surface area (Å²) in [5, 5.41) is 0. The van der Waals surface area contributed by atoms with E-state index in [9.17, 15) is 9.59 Å². The molecule has 0 aromatic rings. The maximum Gasteiger partial charge on any atom is 0.305 e. The van der Waals surface area contributed by atoms with Gasteiger partial charge in [0.25, 0.3) is 0 Å². The molecule has 2 saturated carbocycles. The minimum absolute atomic E-state index is 0.0463. The molecule has 0 aromatic carbocycles. The van der Waals surface area contributed by atoms with Gasteiger partial charge in [-0.25, -0.2) is 0 Å². The van der Waals surface area contributed by atoms with Gasteiger partial charge in [-0.05, 0) is 78.8 Å². The summed E-state index contributed by atoms with van der Waals surface area (Å²) in [7, 11) is 0. The fraction of sp³-hybridized carbons (Fsp3) is 0.739. The molecule has 0 spiro atoms. The largest absolute Gasteiger partial charge is 0.466 e. The molecule has 26 heavy (non-hydrogen) atoms. The first-order valence-electron chi connectivity index (χ1n) is 10.5. The van der Waals surface area contributed by atoms with Crippen LogP contribution in [0.1, 0.15) is 71.6 Å². The Morgan fingerprint density at radius 2 is 1.85 bits per heavy atom. The molecule has 0 amide bonds. The molecule has 4 aliphatic carbocycles. The summed E-state index contributed by atoms with van der Waals surface area (Å²) >= 11 is 0. The fourth-order valence-corrected chi connectivity index (χ4v) is 6.46. The summed E-state index contributed by atoms with van der Waals surface area (Å²) in [6.45, 7) is 5.61. The lowest BCUT2D eigenvalue weighted by Crippen LogP contribution is -2.47. The second-order valence-electron chi connectivity index (χ2n) is 9.54. The maximum absolute atomic E-state index is 11.7. The van der Waals surface area contributed by atoms with Gasteiger partial charge in [0.05, 0.1) is 6.61 Å². The number of fused-ring (bicyclic) bond motifs is 5. The van der Waals surface area contributed by atoms with E-state index in [1.807, 2.05) is 6.08 Å². The number of hydrogen-bond acceptors (Lipinski definition) is 3. The molecule has 5 atom stereocenters. The number of carbonyl (C=O) groups excluding carboxylic acids is 2. The summed E-state index contributed by atoms with van der Waals surface area (Å²) in [6.07, 6.45) is 17.2. The highest BCUT2D eigenvalue weighted by Gasteiger charge is 2.54. The van der Waals surface area contributed by atoms with E-state index in [0.717, 1.165) is 37.0 Å². The van der Waals surface area contributed by atoms with E-state index in [1.54, 1.807) is 0 Å². The van der Waals surface area contributed by atoms with Crippen molar-refractivity contribution in [2.45, 2.75) is 71.6 Å². The van der Waals surface area contributed by atoms with Crippen LogP contribution in [0.25, 0.3) is 0 Å². The van der Waals surface area contributed by atoms with E-state index in [2.05, 4.69) is 30.7 Å². The second-order valence-corrected chi connectivity index (χ2v) is 9.54. The number of hydrogen-bond donors (Lipinski definition) is 0. The van der Waals surface area contributed by atoms with Crippen molar-refractivity contribution in [3.63, 3.8) is 0 Å². The molecule has 5 rings (SSSR count). The predicted molar refractivity (Wildman–Crippen MR) is 101 cm³/mol. The Bertz CT molecular complexity index is 652. The summed E-state index contributed by atoms with van der Waals surface area (Å²) in [4.78, 5) is 21.8. The van der Waals surface area contributed by atoms with E-state index in [0.29, 0.717) is 24.2 Å². The lowest BCUT2D eigenvalue weighted by atomic mass is 9.49. The third-order valence-corrected chi connectivity index (χ3v) is 8.09. The van der Waals surface area contributed by atoms with Crippen molar-refractivity contribution in [3.8, 4) is 0 Å². The molecule has 0 aromatic heterocycles. The minimum atomic E-state index is -0.0463.